The first-order chi connectivity index (χ1) is 11.7. The number of ether oxygens (including phenoxy) is 2. The Balaban J connectivity index is 1.71. The van der Waals surface area contributed by atoms with Crippen LogP contribution in [0.2, 0.25) is 0 Å². The predicted molar refractivity (Wildman–Crippen MR) is 90.5 cm³/mol. The third kappa shape index (κ3) is 6.20. The van der Waals surface area contributed by atoms with E-state index in [0.717, 1.165) is 25.1 Å². The highest BCUT2D eigenvalue weighted by Gasteiger charge is 2.20. The zero-order valence-corrected chi connectivity index (χ0v) is 14.3. The summed E-state index contributed by atoms with van der Waals surface area (Å²) >= 11 is 0. The van der Waals surface area contributed by atoms with Crippen LogP contribution in [0.5, 0.6) is 0 Å². The highest BCUT2D eigenvalue weighted by molar-refractivity contribution is 5.69. The molecule has 1 heterocycles. The van der Waals surface area contributed by atoms with Crippen LogP contribution >= 0.6 is 0 Å². The lowest BCUT2D eigenvalue weighted by atomic mass is 10.2. The molecule has 0 N–H and O–H groups in total. The molecule has 1 amide bonds. The second-order valence-corrected chi connectivity index (χ2v) is 5.78. The Morgan fingerprint density at radius 3 is 2.58 bits per heavy atom. The smallest absolute Gasteiger partial charge is 0.410 e. The van der Waals surface area contributed by atoms with E-state index in [1.807, 2.05) is 37.3 Å². The Morgan fingerprint density at radius 1 is 1.04 bits per heavy atom. The van der Waals surface area contributed by atoms with Gasteiger partial charge in [-0.15, -0.1) is 0 Å². The molecule has 0 bridgehead atoms. The number of nitrogens with zero attached hydrogens (tertiary/aromatic N) is 2. The van der Waals surface area contributed by atoms with Gasteiger partial charge in [-0.05, 0) is 25.5 Å². The number of benzene rings is 1. The van der Waals surface area contributed by atoms with E-state index in [2.05, 4.69) is 4.90 Å². The maximum Gasteiger partial charge on any atom is 0.410 e. The molecule has 0 spiro atoms. The highest BCUT2D eigenvalue weighted by Crippen LogP contribution is 2.08. The highest BCUT2D eigenvalue weighted by atomic mass is 16.6. The summed E-state index contributed by atoms with van der Waals surface area (Å²) in [5.41, 5.74) is 0.983. The Labute approximate surface area is 143 Å². The van der Waals surface area contributed by atoms with E-state index in [1.54, 1.807) is 4.90 Å². The maximum absolute atomic E-state index is 12.2. The van der Waals surface area contributed by atoms with Crippen molar-refractivity contribution in [2.75, 3.05) is 39.3 Å². The van der Waals surface area contributed by atoms with E-state index in [9.17, 15) is 9.59 Å². The number of carbonyl (C=O) groups is 2. The minimum Gasteiger partial charge on any atom is -0.466 e. The lowest BCUT2D eigenvalue weighted by Crippen LogP contribution is -2.36. The molecule has 1 saturated heterocycles. The number of carbonyl (C=O) groups excluding carboxylic acids is 2. The molecule has 6 heteroatoms. The van der Waals surface area contributed by atoms with Crippen molar-refractivity contribution in [1.29, 1.82) is 0 Å². The maximum atomic E-state index is 12.2. The summed E-state index contributed by atoms with van der Waals surface area (Å²) in [6.45, 7) is 6.12. The van der Waals surface area contributed by atoms with E-state index in [-0.39, 0.29) is 12.1 Å². The fourth-order valence-electron chi connectivity index (χ4n) is 2.67. The van der Waals surface area contributed by atoms with Crippen molar-refractivity contribution in [1.82, 2.24) is 9.80 Å². The number of esters is 1. The molecule has 1 fully saturated rings. The Hall–Kier alpha value is -2.08. The molecule has 2 rings (SSSR count). The Kier molecular flexibility index (Phi) is 7.55. The van der Waals surface area contributed by atoms with Crippen molar-refractivity contribution in [3.8, 4) is 0 Å². The number of hydrogen-bond donors (Lipinski definition) is 0. The van der Waals surface area contributed by atoms with E-state index < -0.39 is 0 Å². The van der Waals surface area contributed by atoms with Crippen molar-refractivity contribution in [3.05, 3.63) is 35.9 Å². The average Bonchev–Trinajstić information content (AvgIpc) is 2.85. The van der Waals surface area contributed by atoms with Crippen molar-refractivity contribution in [2.24, 2.45) is 0 Å². The van der Waals surface area contributed by atoms with Crippen LogP contribution in [0.15, 0.2) is 30.3 Å². The van der Waals surface area contributed by atoms with E-state index in [1.165, 1.54) is 0 Å². The van der Waals surface area contributed by atoms with Crippen LogP contribution in [0.3, 0.4) is 0 Å². The van der Waals surface area contributed by atoms with Crippen LogP contribution in [0, 0.1) is 0 Å². The zero-order valence-electron chi connectivity index (χ0n) is 14.3. The molecule has 1 aromatic carbocycles. The summed E-state index contributed by atoms with van der Waals surface area (Å²) < 4.78 is 10.3. The predicted octanol–water partition coefficient (Wildman–Crippen LogP) is 2.28. The van der Waals surface area contributed by atoms with Gasteiger partial charge in [-0.2, -0.15) is 0 Å². The normalized spacial score (nSPS) is 15.6. The summed E-state index contributed by atoms with van der Waals surface area (Å²) in [6, 6.07) is 9.66. The van der Waals surface area contributed by atoms with Gasteiger partial charge in [-0.1, -0.05) is 30.3 Å². The van der Waals surface area contributed by atoms with Crippen LogP contribution in [0.1, 0.15) is 25.3 Å². The molecule has 1 aliphatic rings. The second-order valence-electron chi connectivity index (χ2n) is 5.78. The van der Waals surface area contributed by atoms with Gasteiger partial charge in [0.1, 0.15) is 6.61 Å². The van der Waals surface area contributed by atoms with Crippen molar-refractivity contribution < 1.29 is 19.1 Å². The first-order valence-electron chi connectivity index (χ1n) is 8.52. The number of amides is 1. The lowest BCUT2D eigenvalue weighted by Gasteiger charge is -2.21. The first-order valence-corrected chi connectivity index (χ1v) is 8.52. The van der Waals surface area contributed by atoms with Crippen LogP contribution in [0.4, 0.5) is 4.79 Å². The summed E-state index contributed by atoms with van der Waals surface area (Å²) in [6.07, 6.45) is 1.00. The standard InChI is InChI=1S/C18H26N2O4/c1-2-23-17(21)9-12-19-10-6-11-20(14-13-19)18(22)24-15-16-7-4-3-5-8-16/h3-5,7-8H,2,6,9-15H2,1H3. The summed E-state index contributed by atoms with van der Waals surface area (Å²) in [5.74, 6) is -0.166. The van der Waals surface area contributed by atoms with Gasteiger partial charge in [-0.25, -0.2) is 4.79 Å². The van der Waals surface area contributed by atoms with Crippen molar-refractivity contribution in [3.63, 3.8) is 0 Å². The topological polar surface area (TPSA) is 59.1 Å². The van der Waals surface area contributed by atoms with Gasteiger partial charge in [0, 0.05) is 26.2 Å². The summed E-state index contributed by atoms with van der Waals surface area (Å²) in [4.78, 5) is 27.6. The van der Waals surface area contributed by atoms with E-state index in [0.29, 0.717) is 39.3 Å². The number of hydrogen-bond acceptors (Lipinski definition) is 5. The van der Waals surface area contributed by atoms with Crippen LogP contribution < -0.4 is 0 Å². The monoisotopic (exact) mass is 334 g/mol. The fourth-order valence-corrected chi connectivity index (χ4v) is 2.67. The third-order valence-corrected chi connectivity index (χ3v) is 3.99. The van der Waals surface area contributed by atoms with Crippen molar-refractivity contribution in [2.45, 2.75) is 26.4 Å². The summed E-state index contributed by atoms with van der Waals surface area (Å²) in [5, 5.41) is 0. The molecule has 0 saturated carbocycles. The third-order valence-electron chi connectivity index (χ3n) is 3.99. The molecule has 6 nitrogen and oxygen atoms in total. The molecule has 0 aromatic heterocycles. The van der Waals surface area contributed by atoms with E-state index in [4.69, 9.17) is 9.47 Å². The molecular formula is C18H26N2O4. The number of rotatable bonds is 6. The Morgan fingerprint density at radius 2 is 1.83 bits per heavy atom. The molecule has 0 atom stereocenters. The van der Waals surface area contributed by atoms with Gasteiger partial charge in [0.15, 0.2) is 0 Å². The van der Waals surface area contributed by atoms with Gasteiger partial charge in [0.25, 0.3) is 0 Å². The molecule has 1 aliphatic heterocycles. The zero-order chi connectivity index (χ0) is 17.2. The van der Waals surface area contributed by atoms with Crippen molar-refractivity contribution >= 4 is 12.1 Å². The fraction of sp³-hybridized carbons (Fsp3) is 0.556. The lowest BCUT2D eigenvalue weighted by molar-refractivity contribution is -0.143. The van der Waals surface area contributed by atoms with Crippen LogP contribution in [-0.4, -0.2) is 61.2 Å². The molecule has 0 radical (unpaired) electrons. The molecule has 0 unspecified atom stereocenters. The van der Waals surface area contributed by atoms with Crippen LogP contribution in [-0.2, 0) is 20.9 Å². The van der Waals surface area contributed by atoms with Gasteiger partial charge < -0.3 is 19.3 Å². The first kappa shape index (κ1) is 18.3. The SMILES string of the molecule is CCOC(=O)CCN1CCCN(C(=O)OCc2ccccc2)CC1. The van der Waals surface area contributed by atoms with Crippen LogP contribution in [0.25, 0.3) is 0 Å². The Bertz CT molecular complexity index is 521. The van der Waals surface area contributed by atoms with Gasteiger partial charge in [0.2, 0.25) is 0 Å². The molecule has 24 heavy (non-hydrogen) atoms. The van der Waals surface area contributed by atoms with Gasteiger partial charge in [-0.3, -0.25) is 4.79 Å². The molecule has 1 aromatic rings. The van der Waals surface area contributed by atoms with Gasteiger partial charge in [0.05, 0.1) is 13.0 Å². The summed E-state index contributed by atoms with van der Waals surface area (Å²) in [7, 11) is 0. The minimum absolute atomic E-state index is 0.166. The van der Waals surface area contributed by atoms with Gasteiger partial charge >= 0.3 is 12.1 Å². The molecule has 0 aliphatic carbocycles. The largest absolute Gasteiger partial charge is 0.466 e. The molecular weight excluding hydrogens is 308 g/mol. The molecule has 132 valence electrons. The average molecular weight is 334 g/mol. The van der Waals surface area contributed by atoms with E-state index >= 15 is 0 Å². The minimum atomic E-state index is -0.272. The second kappa shape index (κ2) is 9.93. The quantitative estimate of drug-likeness (QED) is 0.747.